The average Bonchev–Trinajstić information content (AvgIpc) is 2.79. The molecule has 0 saturated carbocycles. The number of aromatic nitrogens is 1. The first-order valence-electron chi connectivity index (χ1n) is 9.57. The maximum Gasteiger partial charge on any atom is 0.269 e. The molecule has 0 saturated heterocycles. The van der Waals surface area contributed by atoms with Crippen LogP contribution >= 0.6 is 0 Å². The standard InChI is InChI=1S/C24H19N3O4/c1-15-12-17(27(29)30)10-11-21(15)26-24(28)20-14-23(16-6-5-7-18(13-16)31-2)25-22-9-4-3-8-19(20)22/h3-14H,1-2H3,(H,26,28). The molecule has 4 rings (SSSR count). The molecule has 0 aliphatic heterocycles. The lowest BCUT2D eigenvalue weighted by Crippen LogP contribution is -2.14. The molecule has 1 aromatic heterocycles. The Bertz CT molecular complexity index is 1320. The highest BCUT2D eigenvalue weighted by atomic mass is 16.6. The number of para-hydroxylation sites is 1. The van der Waals surface area contributed by atoms with E-state index in [1.807, 2.05) is 48.5 Å². The van der Waals surface area contributed by atoms with Crippen LogP contribution in [0.4, 0.5) is 11.4 Å². The van der Waals surface area contributed by atoms with Crippen LogP contribution in [0, 0.1) is 17.0 Å². The van der Waals surface area contributed by atoms with Gasteiger partial charge in [0.25, 0.3) is 11.6 Å². The minimum absolute atomic E-state index is 0.0230. The van der Waals surface area contributed by atoms with Gasteiger partial charge in [0.2, 0.25) is 0 Å². The van der Waals surface area contributed by atoms with E-state index in [2.05, 4.69) is 5.32 Å². The van der Waals surface area contributed by atoms with Gasteiger partial charge in [-0.2, -0.15) is 0 Å². The number of non-ortho nitro benzene ring substituents is 1. The maximum absolute atomic E-state index is 13.2. The molecule has 7 heteroatoms. The summed E-state index contributed by atoms with van der Waals surface area (Å²) in [5, 5.41) is 14.6. The Morgan fingerprint density at radius 1 is 1.03 bits per heavy atom. The number of pyridine rings is 1. The van der Waals surface area contributed by atoms with Gasteiger partial charge in [-0.25, -0.2) is 4.98 Å². The molecule has 0 aliphatic rings. The SMILES string of the molecule is COc1cccc(-c2cc(C(=O)Nc3ccc([N+](=O)[O-])cc3C)c3ccccc3n2)c1. The van der Waals surface area contributed by atoms with Crippen LogP contribution in [0.25, 0.3) is 22.2 Å². The molecule has 154 valence electrons. The summed E-state index contributed by atoms with van der Waals surface area (Å²) in [6, 6.07) is 21.0. The molecule has 1 N–H and O–H groups in total. The minimum atomic E-state index is -0.463. The quantitative estimate of drug-likeness (QED) is 0.350. The second kappa shape index (κ2) is 8.23. The van der Waals surface area contributed by atoms with Gasteiger partial charge >= 0.3 is 0 Å². The fourth-order valence-electron chi connectivity index (χ4n) is 3.38. The van der Waals surface area contributed by atoms with E-state index in [9.17, 15) is 14.9 Å². The van der Waals surface area contributed by atoms with Crippen molar-refractivity contribution in [2.24, 2.45) is 0 Å². The third-order valence-electron chi connectivity index (χ3n) is 5.00. The van der Waals surface area contributed by atoms with E-state index in [1.165, 1.54) is 18.2 Å². The number of nitro groups is 1. The van der Waals surface area contributed by atoms with E-state index >= 15 is 0 Å². The lowest BCUT2D eigenvalue weighted by atomic mass is 10.0. The third-order valence-corrected chi connectivity index (χ3v) is 5.00. The summed E-state index contributed by atoms with van der Waals surface area (Å²) in [5.74, 6) is 0.375. The van der Waals surface area contributed by atoms with Crippen LogP contribution in [0.5, 0.6) is 5.75 Å². The molecule has 0 unspecified atom stereocenters. The van der Waals surface area contributed by atoms with E-state index in [-0.39, 0.29) is 11.6 Å². The predicted octanol–water partition coefficient (Wildman–Crippen LogP) is 5.38. The fraction of sp³-hybridized carbons (Fsp3) is 0.0833. The third kappa shape index (κ3) is 4.06. The number of hydrogen-bond acceptors (Lipinski definition) is 5. The summed E-state index contributed by atoms with van der Waals surface area (Å²) in [6.07, 6.45) is 0. The Morgan fingerprint density at radius 3 is 2.58 bits per heavy atom. The molecule has 0 bridgehead atoms. The fourth-order valence-corrected chi connectivity index (χ4v) is 3.38. The van der Waals surface area contributed by atoms with Gasteiger partial charge in [-0.15, -0.1) is 0 Å². The monoisotopic (exact) mass is 413 g/mol. The van der Waals surface area contributed by atoms with Crippen LogP contribution in [0.3, 0.4) is 0 Å². The molecular formula is C24H19N3O4. The number of carbonyl (C=O) groups excluding carboxylic acids is 1. The highest BCUT2D eigenvalue weighted by Gasteiger charge is 2.16. The first-order chi connectivity index (χ1) is 15.0. The van der Waals surface area contributed by atoms with Crippen molar-refractivity contribution in [3.63, 3.8) is 0 Å². The number of anilines is 1. The van der Waals surface area contributed by atoms with Gasteiger partial charge < -0.3 is 10.1 Å². The van der Waals surface area contributed by atoms with Crippen molar-refractivity contribution in [1.29, 1.82) is 0 Å². The first kappa shape index (κ1) is 20.0. The highest BCUT2D eigenvalue weighted by molar-refractivity contribution is 6.13. The predicted molar refractivity (Wildman–Crippen MR) is 120 cm³/mol. The zero-order valence-electron chi connectivity index (χ0n) is 17.0. The lowest BCUT2D eigenvalue weighted by molar-refractivity contribution is -0.384. The molecule has 1 heterocycles. The number of methoxy groups -OCH3 is 1. The molecule has 3 aromatic carbocycles. The zero-order chi connectivity index (χ0) is 22.0. The van der Waals surface area contributed by atoms with E-state index in [0.717, 1.165) is 5.56 Å². The van der Waals surface area contributed by atoms with Crippen molar-refractivity contribution in [2.75, 3.05) is 12.4 Å². The van der Waals surface area contributed by atoms with Gasteiger partial charge in [0.1, 0.15) is 5.75 Å². The van der Waals surface area contributed by atoms with Gasteiger partial charge in [-0.05, 0) is 42.8 Å². The van der Waals surface area contributed by atoms with Crippen molar-refractivity contribution < 1.29 is 14.5 Å². The number of nitrogens with one attached hydrogen (secondary N) is 1. The minimum Gasteiger partial charge on any atom is -0.497 e. The molecule has 0 radical (unpaired) electrons. The van der Waals surface area contributed by atoms with E-state index in [4.69, 9.17) is 9.72 Å². The van der Waals surface area contributed by atoms with Crippen LogP contribution in [-0.4, -0.2) is 22.9 Å². The number of rotatable bonds is 5. The number of benzene rings is 3. The Balaban J connectivity index is 1.77. The van der Waals surface area contributed by atoms with Gasteiger partial charge in [0, 0.05) is 28.8 Å². The Morgan fingerprint density at radius 2 is 1.84 bits per heavy atom. The molecule has 1 amide bonds. The number of aryl methyl sites for hydroxylation is 1. The van der Waals surface area contributed by atoms with Crippen molar-refractivity contribution in [1.82, 2.24) is 4.98 Å². The molecule has 0 atom stereocenters. The van der Waals surface area contributed by atoms with E-state index < -0.39 is 4.92 Å². The van der Waals surface area contributed by atoms with Gasteiger partial charge in [-0.3, -0.25) is 14.9 Å². The summed E-state index contributed by atoms with van der Waals surface area (Å²) in [6.45, 7) is 1.72. The number of nitrogens with zero attached hydrogens (tertiary/aromatic N) is 2. The second-order valence-corrected chi connectivity index (χ2v) is 7.01. The van der Waals surface area contributed by atoms with Gasteiger partial charge in [0.05, 0.1) is 28.8 Å². The number of amides is 1. The normalized spacial score (nSPS) is 10.6. The molecule has 31 heavy (non-hydrogen) atoms. The Labute approximate surface area is 178 Å². The molecule has 4 aromatic rings. The lowest BCUT2D eigenvalue weighted by Gasteiger charge is -2.12. The average molecular weight is 413 g/mol. The van der Waals surface area contributed by atoms with E-state index in [1.54, 1.807) is 20.1 Å². The van der Waals surface area contributed by atoms with Gasteiger partial charge in [0.15, 0.2) is 0 Å². The van der Waals surface area contributed by atoms with Crippen LogP contribution in [0.2, 0.25) is 0 Å². The molecular weight excluding hydrogens is 394 g/mol. The summed E-state index contributed by atoms with van der Waals surface area (Å²) in [5.41, 5.74) is 3.71. The highest BCUT2D eigenvalue weighted by Crippen LogP contribution is 2.28. The van der Waals surface area contributed by atoms with Crippen LogP contribution in [0.15, 0.2) is 72.8 Å². The van der Waals surface area contributed by atoms with Crippen LogP contribution < -0.4 is 10.1 Å². The summed E-state index contributed by atoms with van der Waals surface area (Å²) >= 11 is 0. The molecule has 0 spiro atoms. The van der Waals surface area contributed by atoms with Crippen molar-refractivity contribution in [3.05, 3.63) is 94.0 Å². The van der Waals surface area contributed by atoms with Crippen LogP contribution in [0.1, 0.15) is 15.9 Å². The summed E-state index contributed by atoms with van der Waals surface area (Å²) in [7, 11) is 1.60. The van der Waals surface area contributed by atoms with Crippen molar-refractivity contribution >= 4 is 28.2 Å². The number of carbonyl (C=O) groups is 1. The molecule has 7 nitrogen and oxygen atoms in total. The largest absolute Gasteiger partial charge is 0.497 e. The topological polar surface area (TPSA) is 94.4 Å². The van der Waals surface area contributed by atoms with Crippen molar-refractivity contribution in [3.8, 4) is 17.0 Å². The number of nitro benzene ring substituents is 1. The first-order valence-corrected chi connectivity index (χ1v) is 9.57. The smallest absolute Gasteiger partial charge is 0.269 e. The van der Waals surface area contributed by atoms with Crippen LogP contribution in [-0.2, 0) is 0 Å². The number of fused-ring (bicyclic) bond motifs is 1. The van der Waals surface area contributed by atoms with Gasteiger partial charge in [-0.1, -0.05) is 30.3 Å². The Hall–Kier alpha value is -4.26. The van der Waals surface area contributed by atoms with E-state index in [0.29, 0.717) is 39.2 Å². The second-order valence-electron chi connectivity index (χ2n) is 7.01. The number of ether oxygens (including phenoxy) is 1. The Kier molecular flexibility index (Phi) is 5.32. The molecule has 0 aliphatic carbocycles. The van der Waals surface area contributed by atoms with Crippen molar-refractivity contribution in [2.45, 2.75) is 6.92 Å². The zero-order valence-corrected chi connectivity index (χ0v) is 17.0. The molecule has 0 fully saturated rings. The number of hydrogen-bond donors (Lipinski definition) is 1. The summed E-state index contributed by atoms with van der Waals surface area (Å²) in [4.78, 5) is 28.4. The maximum atomic E-state index is 13.2. The summed E-state index contributed by atoms with van der Waals surface area (Å²) < 4.78 is 5.31.